The van der Waals surface area contributed by atoms with Crippen molar-refractivity contribution in [2.45, 2.75) is 6.54 Å². The second-order valence-electron chi connectivity index (χ2n) is 6.53. The molecule has 7 heteroatoms. The summed E-state index contributed by atoms with van der Waals surface area (Å²) in [7, 11) is 1.59. The highest BCUT2D eigenvalue weighted by Crippen LogP contribution is 2.16. The predicted octanol–water partition coefficient (Wildman–Crippen LogP) is 4.13. The number of carbonyl (C=O) groups is 2. The summed E-state index contributed by atoms with van der Waals surface area (Å²) >= 11 is 0. The van der Waals surface area contributed by atoms with Gasteiger partial charge in [-0.3, -0.25) is 4.79 Å². The number of hydrogen-bond donors (Lipinski definition) is 1. The average Bonchev–Trinajstić information content (AvgIpc) is 3.35. The van der Waals surface area contributed by atoms with E-state index in [1.807, 2.05) is 18.2 Å². The summed E-state index contributed by atoms with van der Waals surface area (Å²) in [5.41, 5.74) is 1.39. The Bertz CT molecular complexity index is 1150. The molecule has 3 rings (SSSR count). The summed E-state index contributed by atoms with van der Waals surface area (Å²) in [6.07, 6.45) is 5.92. The molecule has 0 aliphatic heterocycles. The first-order chi connectivity index (χ1) is 15.6. The van der Waals surface area contributed by atoms with Gasteiger partial charge in [-0.15, -0.1) is 0 Å². The minimum Gasteiger partial charge on any atom is -0.497 e. The number of furan rings is 1. The van der Waals surface area contributed by atoms with Crippen molar-refractivity contribution in [3.8, 4) is 17.6 Å². The van der Waals surface area contributed by atoms with Crippen molar-refractivity contribution in [1.29, 1.82) is 5.26 Å². The van der Waals surface area contributed by atoms with E-state index in [4.69, 9.17) is 13.9 Å². The lowest BCUT2D eigenvalue weighted by Crippen LogP contribution is -2.23. The predicted molar refractivity (Wildman–Crippen MR) is 118 cm³/mol. The van der Waals surface area contributed by atoms with Gasteiger partial charge < -0.3 is 19.2 Å². The van der Waals surface area contributed by atoms with Crippen molar-refractivity contribution in [3.63, 3.8) is 0 Å². The number of amides is 1. The molecular formula is C25H20N2O5. The summed E-state index contributed by atoms with van der Waals surface area (Å²) in [5, 5.41) is 11.9. The summed E-state index contributed by atoms with van der Waals surface area (Å²) in [6, 6.07) is 19.0. The van der Waals surface area contributed by atoms with Gasteiger partial charge in [0.05, 0.1) is 19.9 Å². The van der Waals surface area contributed by atoms with Crippen LogP contribution in [0.2, 0.25) is 0 Å². The second-order valence-corrected chi connectivity index (χ2v) is 6.53. The van der Waals surface area contributed by atoms with E-state index < -0.39 is 11.9 Å². The van der Waals surface area contributed by atoms with Gasteiger partial charge in [0.2, 0.25) is 0 Å². The largest absolute Gasteiger partial charge is 0.497 e. The van der Waals surface area contributed by atoms with Gasteiger partial charge in [-0.1, -0.05) is 24.3 Å². The molecule has 0 atom stereocenters. The number of methoxy groups -OCH3 is 1. The molecule has 0 unspecified atom stereocenters. The molecule has 0 bridgehead atoms. The molecule has 0 saturated heterocycles. The Kier molecular flexibility index (Phi) is 7.60. The molecule has 0 fully saturated rings. The highest BCUT2D eigenvalue weighted by molar-refractivity contribution is 6.01. The maximum absolute atomic E-state index is 12.2. The zero-order valence-corrected chi connectivity index (χ0v) is 17.3. The van der Waals surface area contributed by atoms with Gasteiger partial charge in [0, 0.05) is 6.08 Å². The van der Waals surface area contributed by atoms with Crippen LogP contribution in [0.25, 0.3) is 12.2 Å². The quantitative estimate of drug-likeness (QED) is 0.251. The Morgan fingerprint density at radius 2 is 1.72 bits per heavy atom. The van der Waals surface area contributed by atoms with E-state index in [9.17, 15) is 14.9 Å². The van der Waals surface area contributed by atoms with Crippen molar-refractivity contribution in [1.82, 2.24) is 5.32 Å². The smallest absolute Gasteiger partial charge is 0.336 e. The van der Waals surface area contributed by atoms with Crippen molar-refractivity contribution >= 4 is 24.0 Å². The zero-order valence-electron chi connectivity index (χ0n) is 17.3. The maximum Gasteiger partial charge on any atom is 0.336 e. The summed E-state index contributed by atoms with van der Waals surface area (Å²) in [4.78, 5) is 24.2. The summed E-state index contributed by atoms with van der Waals surface area (Å²) < 4.78 is 15.5. The number of esters is 1. The molecule has 0 saturated carbocycles. The van der Waals surface area contributed by atoms with E-state index in [0.29, 0.717) is 17.1 Å². The van der Waals surface area contributed by atoms with Gasteiger partial charge in [0.15, 0.2) is 0 Å². The number of rotatable bonds is 8. The first-order valence-electron chi connectivity index (χ1n) is 9.64. The fraction of sp³-hybridized carbons (Fsp3) is 0.0800. The van der Waals surface area contributed by atoms with E-state index in [0.717, 1.165) is 11.3 Å². The topological polar surface area (TPSA) is 102 Å². The number of nitriles is 1. The van der Waals surface area contributed by atoms with E-state index in [1.54, 1.807) is 61.7 Å². The maximum atomic E-state index is 12.2. The van der Waals surface area contributed by atoms with Crippen molar-refractivity contribution < 1.29 is 23.5 Å². The van der Waals surface area contributed by atoms with Crippen LogP contribution >= 0.6 is 0 Å². The molecule has 3 aromatic rings. The lowest BCUT2D eigenvalue weighted by molar-refractivity contribution is -0.128. The highest BCUT2D eigenvalue weighted by Gasteiger charge is 2.10. The molecular weight excluding hydrogens is 408 g/mol. The first-order valence-corrected chi connectivity index (χ1v) is 9.64. The SMILES string of the molecule is COc1ccc(/C=C/C(=O)Oc2ccc(/C=C(\C#N)C(=O)NCc3ccco3)cc2)cc1. The van der Waals surface area contributed by atoms with Gasteiger partial charge in [0.25, 0.3) is 5.91 Å². The molecule has 0 aliphatic carbocycles. The summed E-state index contributed by atoms with van der Waals surface area (Å²) in [5.74, 6) is 0.616. The van der Waals surface area contributed by atoms with Crippen LogP contribution < -0.4 is 14.8 Å². The molecule has 0 spiro atoms. The molecule has 1 N–H and O–H groups in total. The molecule has 1 aromatic heterocycles. The minimum absolute atomic E-state index is 0.0521. The first kappa shape index (κ1) is 22.1. The number of nitrogens with zero attached hydrogens (tertiary/aromatic N) is 1. The standard InChI is InChI=1S/C25H20N2O5/c1-30-21-9-4-18(5-10-21)8-13-24(28)32-22-11-6-19(7-12-22)15-20(16-26)25(29)27-17-23-3-2-14-31-23/h2-15H,17H2,1H3,(H,27,29)/b13-8+,20-15+. The van der Waals surface area contributed by atoms with Crippen molar-refractivity contribution in [2.75, 3.05) is 7.11 Å². The third kappa shape index (κ3) is 6.47. The third-order valence-electron chi connectivity index (χ3n) is 4.31. The summed E-state index contributed by atoms with van der Waals surface area (Å²) in [6.45, 7) is 0.184. The van der Waals surface area contributed by atoms with Crippen LogP contribution in [-0.4, -0.2) is 19.0 Å². The van der Waals surface area contributed by atoms with Gasteiger partial charge in [0.1, 0.15) is 28.9 Å². The lowest BCUT2D eigenvalue weighted by atomic mass is 10.1. The third-order valence-corrected chi connectivity index (χ3v) is 4.31. The van der Waals surface area contributed by atoms with Crippen molar-refractivity contribution in [3.05, 3.63) is 95.5 Å². The van der Waals surface area contributed by atoms with E-state index in [2.05, 4.69) is 5.32 Å². The van der Waals surface area contributed by atoms with E-state index in [1.165, 1.54) is 18.4 Å². The van der Waals surface area contributed by atoms with Crippen LogP contribution in [0.15, 0.2) is 83.0 Å². The minimum atomic E-state index is -0.529. The molecule has 1 heterocycles. The van der Waals surface area contributed by atoms with Gasteiger partial charge in [-0.25, -0.2) is 4.79 Å². The Balaban J connectivity index is 1.56. The number of ether oxygens (including phenoxy) is 2. The Hall–Kier alpha value is -4.57. The lowest BCUT2D eigenvalue weighted by Gasteiger charge is -2.04. The average molecular weight is 428 g/mol. The Morgan fingerprint density at radius 1 is 1.03 bits per heavy atom. The number of nitrogens with one attached hydrogen (secondary N) is 1. The molecule has 2 aromatic carbocycles. The van der Waals surface area contributed by atoms with Crippen LogP contribution in [0.5, 0.6) is 11.5 Å². The van der Waals surface area contributed by atoms with Gasteiger partial charge in [-0.2, -0.15) is 5.26 Å². The molecule has 160 valence electrons. The Morgan fingerprint density at radius 3 is 2.34 bits per heavy atom. The normalized spacial score (nSPS) is 11.1. The number of carbonyl (C=O) groups excluding carboxylic acids is 2. The molecule has 0 radical (unpaired) electrons. The van der Waals surface area contributed by atoms with Crippen LogP contribution in [0.1, 0.15) is 16.9 Å². The molecule has 32 heavy (non-hydrogen) atoms. The fourth-order valence-electron chi connectivity index (χ4n) is 2.65. The van der Waals surface area contributed by atoms with Crippen molar-refractivity contribution in [2.24, 2.45) is 0 Å². The monoisotopic (exact) mass is 428 g/mol. The molecule has 7 nitrogen and oxygen atoms in total. The molecule has 1 amide bonds. The van der Waals surface area contributed by atoms with Gasteiger partial charge in [-0.05, 0) is 59.7 Å². The van der Waals surface area contributed by atoms with Crippen LogP contribution in [-0.2, 0) is 16.1 Å². The van der Waals surface area contributed by atoms with E-state index in [-0.39, 0.29) is 12.1 Å². The fourth-order valence-corrected chi connectivity index (χ4v) is 2.65. The second kappa shape index (κ2) is 11.0. The van der Waals surface area contributed by atoms with Gasteiger partial charge >= 0.3 is 5.97 Å². The highest BCUT2D eigenvalue weighted by atomic mass is 16.5. The van der Waals surface area contributed by atoms with Crippen LogP contribution in [0, 0.1) is 11.3 Å². The number of benzene rings is 2. The number of hydrogen-bond acceptors (Lipinski definition) is 6. The zero-order chi connectivity index (χ0) is 22.8. The van der Waals surface area contributed by atoms with Crippen LogP contribution in [0.3, 0.4) is 0 Å². The van der Waals surface area contributed by atoms with Crippen LogP contribution in [0.4, 0.5) is 0 Å². The molecule has 0 aliphatic rings. The Labute approximate surface area is 185 Å². The van der Waals surface area contributed by atoms with E-state index >= 15 is 0 Å².